The predicted octanol–water partition coefficient (Wildman–Crippen LogP) is 2.92. The van der Waals surface area contributed by atoms with Crippen LogP contribution in [0.2, 0.25) is 0 Å². The summed E-state index contributed by atoms with van der Waals surface area (Å²) in [5.41, 5.74) is 2.18. The molecule has 0 bridgehead atoms. The molecular weight excluding hydrogens is 228 g/mol. The minimum atomic E-state index is -0.791. The zero-order valence-corrected chi connectivity index (χ0v) is 10.9. The van der Waals surface area contributed by atoms with Crippen LogP contribution < -0.4 is 5.32 Å². The largest absolute Gasteiger partial charge is 0.481 e. The van der Waals surface area contributed by atoms with Crippen molar-refractivity contribution in [3.05, 3.63) is 29.3 Å². The van der Waals surface area contributed by atoms with Crippen molar-refractivity contribution in [1.29, 1.82) is 5.26 Å². The summed E-state index contributed by atoms with van der Waals surface area (Å²) in [6, 6.07) is 7.63. The van der Waals surface area contributed by atoms with Crippen LogP contribution >= 0.6 is 0 Å². The number of aryl methyl sites for hydroxylation is 1. The van der Waals surface area contributed by atoms with Gasteiger partial charge in [0, 0.05) is 17.6 Å². The Balaban J connectivity index is 2.75. The number of hydrogen-bond acceptors (Lipinski definition) is 3. The van der Waals surface area contributed by atoms with Gasteiger partial charge in [-0.25, -0.2) is 0 Å². The molecule has 0 saturated heterocycles. The van der Waals surface area contributed by atoms with E-state index in [2.05, 4.69) is 11.4 Å². The van der Waals surface area contributed by atoms with Crippen LogP contribution in [0.1, 0.15) is 37.8 Å². The van der Waals surface area contributed by atoms with Gasteiger partial charge >= 0.3 is 5.97 Å². The van der Waals surface area contributed by atoms with E-state index in [0.717, 1.165) is 11.3 Å². The quantitative estimate of drug-likeness (QED) is 0.837. The molecule has 1 rings (SSSR count). The summed E-state index contributed by atoms with van der Waals surface area (Å²) in [5.74, 6) is -0.791. The number of nitrogens with zero attached hydrogens (tertiary/aromatic N) is 1. The average molecular weight is 246 g/mol. The van der Waals surface area contributed by atoms with E-state index in [0.29, 0.717) is 12.0 Å². The first-order chi connectivity index (χ1) is 8.34. The van der Waals surface area contributed by atoms with Gasteiger partial charge in [0.2, 0.25) is 0 Å². The van der Waals surface area contributed by atoms with Gasteiger partial charge in [-0.3, -0.25) is 4.79 Å². The standard InChI is InChI=1S/C14H18N2O2/c1-10-8-12(5-4-11(10)9-15)16-14(2,3)7-6-13(17)18/h4-5,8,16H,6-7H2,1-3H3,(H,17,18). The fourth-order valence-electron chi connectivity index (χ4n) is 1.74. The van der Waals surface area contributed by atoms with E-state index in [4.69, 9.17) is 10.4 Å². The molecule has 0 unspecified atom stereocenters. The van der Waals surface area contributed by atoms with Crippen LogP contribution in [0.15, 0.2) is 18.2 Å². The number of carboxylic acids is 1. The van der Waals surface area contributed by atoms with Gasteiger partial charge in [0.15, 0.2) is 0 Å². The molecule has 0 atom stereocenters. The third-order valence-corrected chi connectivity index (χ3v) is 2.79. The summed E-state index contributed by atoms with van der Waals surface area (Å²) in [6.07, 6.45) is 0.677. The topological polar surface area (TPSA) is 73.1 Å². The van der Waals surface area contributed by atoms with Crippen LogP contribution in [0.25, 0.3) is 0 Å². The van der Waals surface area contributed by atoms with E-state index in [9.17, 15) is 4.79 Å². The monoisotopic (exact) mass is 246 g/mol. The van der Waals surface area contributed by atoms with Gasteiger partial charge < -0.3 is 10.4 Å². The molecule has 0 aliphatic rings. The lowest BCUT2D eigenvalue weighted by Crippen LogP contribution is -2.31. The zero-order valence-electron chi connectivity index (χ0n) is 10.9. The molecule has 4 heteroatoms. The van der Waals surface area contributed by atoms with Crippen LogP contribution in [0, 0.1) is 18.3 Å². The third-order valence-electron chi connectivity index (χ3n) is 2.79. The molecule has 0 amide bonds. The van der Waals surface area contributed by atoms with Gasteiger partial charge in [0.1, 0.15) is 0 Å². The van der Waals surface area contributed by atoms with Crippen molar-refractivity contribution in [2.45, 2.75) is 39.2 Å². The van der Waals surface area contributed by atoms with Crippen LogP contribution in [0.4, 0.5) is 5.69 Å². The SMILES string of the molecule is Cc1cc(NC(C)(C)CCC(=O)O)ccc1C#N. The summed E-state index contributed by atoms with van der Waals surface area (Å²) in [4.78, 5) is 10.6. The van der Waals surface area contributed by atoms with E-state index in [1.54, 1.807) is 6.07 Å². The van der Waals surface area contributed by atoms with Crippen molar-refractivity contribution in [1.82, 2.24) is 0 Å². The molecule has 0 heterocycles. The maximum absolute atomic E-state index is 10.6. The van der Waals surface area contributed by atoms with E-state index in [1.165, 1.54) is 0 Å². The Kier molecular flexibility index (Phi) is 4.33. The van der Waals surface area contributed by atoms with Crippen LogP contribution in [0.5, 0.6) is 0 Å². The molecule has 0 saturated carbocycles. The summed E-state index contributed by atoms with van der Waals surface area (Å²) < 4.78 is 0. The van der Waals surface area contributed by atoms with Crippen molar-refractivity contribution >= 4 is 11.7 Å². The van der Waals surface area contributed by atoms with Crippen molar-refractivity contribution in [2.75, 3.05) is 5.32 Å². The van der Waals surface area contributed by atoms with E-state index >= 15 is 0 Å². The lowest BCUT2D eigenvalue weighted by atomic mass is 9.97. The minimum absolute atomic E-state index is 0.134. The third kappa shape index (κ3) is 4.10. The molecule has 2 N–H and O–H groups in total. The number of nitrogens with one attached hydrogen (secondary N) is 1. The van der Waals surface area contributed by atoms with Crippen molar-refractivity contribution in [2.24, 2.45) is 0 Å². The fraction of sp³-hybridized carbons (Fsp3) is 0.429. The van der Waals surface area contributed by atoms with E-state index in [1.807, 2.05) is 32.9 Å². The molecular formula is C14H18N2O2. The highest BCUT2D eigenvalue weighted by Gasteiger charge is 2.18. The molecule has 0 aromatic heterocycles. The molecule has 0 spiro atoms. The summed E-state index contributed by atoms with van der Waals surface area (Å²) in [5, 5.41) is 20.8. The summed E-state index contributed by atoms with van der Waals surface area (Å²) >= 11 is 0. The molecule has 1 aromatic carbocycles. The normalized spacial score (nSPS) is 10.8. The average Bonchev–Trinajstić information content (AvgIpc) is 2.26. The predicted molar refractivity (Wildman–Crippen MR) is 70.5 cm³/mol. The Labute approximate surface area is 107 Å². The first-order valence-corrected chi connectivity index (χ1v) is 5.85. The van der Waals surface area contributed by atoms with Crippen LogP contribution in [0.3, 0.4) is 0 Å². The van der Waals surface area contributed by atoms with Gasteiger partial charge in [-0.2, -0.15) is 5.26 Å². The van der Waals surface area contributed by atoms with Gasteiger partial charge in [0.25, 0.3) is 0 Å². The number of rotatable bonds is 5. The van der Waals surface area contributed by atoms with E-state index in [-0.39, 0.29) is 12.0 Å². The Hall–Kier alpha value is -2.02. The zero-order chi connectivity index (χ0) is 13.8. The number of carboxylic acid groups (broad SMARTS) is 1. The highest BCUT2D eigenvalue weighted by atomic mass is 16.4. The number of anilines is 1. The molecule has 4 nitrogen and oxygen atoms in total. The summed E-state index contributed by atoms with van der Waals surface area (Å²) in [6.45, 7) is 5.81. The number of benzene rings is 1. The van der Waals surface area contributed by atoms with Gasteiger partial charge in [0.05, 0.1) is 11.6 Å². The second-order valence-corrected chi connectivity index (χ2v) is 5.04. The Morgan fingerprint density at radius 2 is 2.17 bits per heavy atom. The highest BCUT2D eigenvalue weighted by Crippen LogP contribution is 2.21. The smallest absolute Gasteiger partial charge is 0.303 e. The van der Waals surface area contributed by atoms with Crippen molar-refractivity contribution < 1.29 is 9.90 Å². The lowest BCUT2D eigenvalue weighted by Gasteiger charge is -2.27. The fourth-order valence-corrected chi connectivity index (χ4v) is 1.74. The molecule has 18 heavy (non-hydrogen) atoms. The second-order valence-electron chi connectivity index (χ2n) is 5.04. The van der Waals surface area contributed by atoms with Crippen LogP contribution in [-0.2, 0) is 4.79 Å². The molecule has 0 aliphatic heterocycles. The second kappa shape index (κ2) is 5.54. The molecule has 1 aromatic rings. The Bertz CT molecular complexity index is 487. The molecule has 96 valence electrons. The number of hydrogen-bond donors (Lipinski definition) is 2. The number of nitriles is 1. The molecule has 0 radical (unpaired) electrons. The first-order valence-electron chi connectivity index (χ1n) is 5.85. The van der Waals surface area contributed by atoms with Crippen molar-refractivity contribution in [3.63, 3.8) is 0 Å². The highest BCUT2D eigenvalue weighted by molar-refractivity contribution is 5.67. The molecule has 0 fully saturated rings. The summed E-state index contributed by atoms with van der Waals surface area (Å²) in [7, 11) is 0. The van der Waals surface area contributed by atoms with Gasteiger partial charge in [-0.15, -0.1) is 0 Å². The minimum Gasteiger partial charge on any atom is -0.481 e. The Morgan fingerprint density at radius 1 is 1.50 bits per heavy atom. The maximum Gasteiger partial charge on any atom is 0.303 e. The van der Waals surface area contributed by atoms with E-state index < -0.39 is 5.97 Å². The first kappa shape index (κ1) is 14.0. The van der Waals surface area contributed by atoms with Gasteiger partial charge in [-0.1, -0.05) is 0 Å². The number of aliphatic carboxylic acids is 1. The van der Waals surface area contributed by atoms with Crippen LogP contribution in [-0.4, -0.2) is 16.6 Å². The lowest BCUT2D eigenvalue weighted by molar-refractivity contribution is -0.137. The molecule has 0 aliphatic carbocycles. The number of carbonyl (C=O) groups is 1. The maximum atomic E-state index is 10.6. The van der Waals surface area contributed by atoms with Crippen molar-refractivity contribution in [3.8, 4) is 6.07 Å². The van der Waals surface area contributed by atoms with Gasteiger partial charge in [-0.05, 0) is 51.0 Å². The Morgan fingerprint density at radius 3 is 2.67 bits per heavy atom.